The van der Waals surface area contributed by atoms with Crippen molar-refractivity contribution in [3.05, 3.63) is 33.5 Å². The zero-order chi connectivity index (χ0) is 14.5. The first-order chi connectivity index (χ1) is 9.54. The van der Waals surface area contributed by atoms with Gasteiger partial charge < -0.3 is 10.1 Å². The molecule has 7 heteroatoms. The average Bonchev–Trinajstić information content (AvgIpc) is 2.81. The molecule has 20 heavy (non-hydrogen) atoms. The van der Waals surface area contributed by atoms with E-state index in [1.165, 1.54) is 23.5 Å². The van der Waals surface area contributed by atoms with Crippen LogP contribution in [0.1, 0.15) is 18.9 Å². The Morgan fingerprint density at radius 2 is 2.20 bits per heavy atom. The normalized spacial score (nSPS) is 11.1. The highest BCUT2D eigenvalue weighted by Crippen LogP contribution is 2.31. The van der Waals surface area contributed by atoms with Crippen molar-refractivity contribution in [3.8, 4) is 10.9 Å². The number of benzene rings is 1. The fraction of sp³-hybridized carbons (Fsp3) is 0.385. The van der Waals surface area contributed by atoms with Gasteiger partial charge in [-0.2, -0.15) is 0 Å². The van der Waals surface area contributed by atoms with Crippen LogP contribution in [-0.4, -0.2) is 16.7 Å². The summed E-state index contributed by atoms with van der Waals surface area (Å²) >= 11 is 4.65. The monoisotopic (exact) mass is 359 g/mol. The summed E-state index contributed by atoms with van der Waals surface area (Å²) in [6, 6.07) is 4.26. The molecule has 1 aromatic heterocycles. The van der Waals surface area contributed by atoms with Gasteiger partial charge in [0.25, 0.3) is 5.19 Å². The van der Waals surface area contributed by atoms with Gasteiger partial charge in [0, 0.05) is 12.6 Å². The number of aromatic nitrogens is 2. The van der Waals surface area contributed by atoms with Crippen molar-refractivity contribution in [2.45, 2.75) is 20.4 Å². The lowest BCUT2D eigenvalue weighted by Crippen LogP contribution is -2.18. The summed E-state index contributed by atoms with van der Waals surface area (Å²) in [6.07, 6.45) is 0. The number of ether oxygens (including phenoxy) is 1. The quantitative estimate of drug-likeness (QED) is 0.847. The van der Waals surface area contributed by atoms with E-state index in [4.69, 9.17) is 4.74 Å². The van der Waals surface area contributed by atoms with E-state index in [2.05, 4.69) is 45.3 Å². The molecule has 1 N–H and O–H groups in total. The van der Waals surface area contributed by atoms with Crippen molar-refractivity contribution < 1.29 is 9.13 Å². The number of hydrogen-bond acceptors (Lipinski definition) is 5. The largest absolute Gasteiger partial charge is 0.428 e. The van der Waals surface area contributed by atoms with Crippen molar-refractivity contribution in [1.29, 1.82) is 0 Å². The number of rotatable bonds is 6. The molecule has 0 saturated heterocycles. The summed E-state index contributed by atoms with van der Waals surface area (Å²) in [6.45, 7) is 5.86. The molecular weight excluding hydrogens is 345 g/mol. The fourth-order valence-corrected chi connectivity index (χ4v) is 2.47. The number of halogens is 2. The van der Waals surface area contributed by atoms with Crippen LogP contribution in [0.5, 0.6) is 10.9 Å². The van der Waals surface area contributed by atoms with Crippen molar-refractivity contribution in [3.63, 3.8) is 0 Å². The van der Waals surface area contributed by atoms with Crippen LogP contribution < -0.4 is 10.1 Å². The molecule has 2 rings (SSSR count). The third kappa shape index (κ3) is 4.50. The summed E-state index contributed by atoms with van der Waals surface area (Å²) in [4.78, 5) is 0. The van der Waals surface area contributed by atoms with Gasteiger partial charge >= 0.3 is 0 Å². The van der Waals surface area contributed by atoms with Gasteiger partial charge in [-0.1, -0.05) is 30.3 Å². The van der Waals surface area contributed by atoms with Gasteiger partial charge in [0.2, 0.25) is 0 Å². The first kappa shape index (κ1) is 15.3. The fourth-order valence-electron chi connectivity index (χ4n) is 1.47. The molecule has 1 heterocycles. The predicted octanol–water partition coefficient (Wildman–Crippen LogP) is 3.98. The SMILES string of the molecule is CC(C)CNCc1nnc(Oc2cc(F)ccc2Br)s1. The van der Waals surface area contributed by atoms with Crippen LogP contribution >= 0.6 is 27.3 Å². The molecule has 0 bridgehead atoms. The Hall–Kier alpha value is -1.05. The summed E-state index contributed by atoms with van der Waals surface area (Å²) in [5.41, 5.74) is 0. The number of nitrogens with zero attached hydrogens (tertiary/aromatic N) is 2. The molecular formula is C13H15BrFN3OS. The Bertz CT molecular complexity index is 576. The van der Waals surface area contributed by atoms with Crippen molar-refractivity contribution in [2.24, 2.45) is 5.92 Å². The lowest BCUT2D eigenvalue weighted by Gasteiger charge is -2.04. The molecule has 0 fully saturated rings. The van der Waals surface area contributed by atoms with Crippen molar-refractivity contribution in [1.82, 2.24) is 15.5 Å². The second kappa shape index (κ2) is 7.10. The van der Waals surface area contributed by atoms with Crippen LogP contribution in [0, 0.1) is 11.7 Å². The second-order valence-electron chi connectivity index (χ2n) is 4.66. The number of hydrogen-bond donors (Lipinski definition) is 1. The molecule has 0 atom stereocenters. The molecule has 0 amide bonds. The molecule has 0 saturated carbocycles. The van der Waals surface area contributed by atoms with Gasteiger partial charge in [-0.05, 0) is 40.5 Å². The maximum atomic E-state index is 13.2. The Balaban J connectivity index is 1.97. The number of nitrogens with one attached hydrogen (secondary N) is 1. The smallest absolute Gasteiger partial charge is 0.299 e. The summed E-state index contributed by atoms with van der Waals surface area (Å²) in [7, 11) is 0. The van der Waals surface area contributed by atoms with Gasteiger partial charge in [-0.25, -0.2) is 4.39 Å². The predicted molar refractivity (Wildman–Crippen MR) is 80.6 cm³/mol. The first-order valence-electron chi connectivity index (χ1n) is 6.20. The van der Waals surface area contributed by atoms with E-state index in [0.29, 0.717) is 27.9 Å². The second-order valence-corrected chi connectivity index (χ2v) is 6.54. The van der Waals surface area contributed by atoms with Gasteiger partial charge in [0.15, 0.2) is 0 Å². The van der Waals surface area contributed by atoms with E-state index in [9.17, 15) is 4.39 Å². The standard InChI is InChI=1S/C13H15BrFN3OS/c1-8(2)6-16-7-12-17-18-13(20-12)19-11-5-9(15)3-4-10(11)14/h3-5,8,16H,6-7H2,1-2H3. The zero-order valence-electron chi connectivity index (χ0n) is 11.2. The lowest BCUT2D eigenvalue weighted by atomic mass is 10.2. The zero-order valence-corrected chi connectivity index (χ0v) is 13.6. The molecule has 0 aliphatic carbocycles. The van der Waals surface area contributed by atoms with Crippen molar-refractivity contribution >= 4 is 27.3 Å². The van der Waals surface area contributed by atoms with Crippen molar-refractivity contribution in [2.75, 3.05) is 6.54 Å². The van der Waals surface area contributed by atoms with Crippen LogP contribution in [0.2, 0.25) is 0 Å². The van der Waals surface area contributed by atoms with E-state index < -0.39 is 0 Å². The van der Waals surface area contributed by atoms with Gasteiger partial charge in [0.1, 0.15) is 16.6 Å². The van der Waals surface area contributed by atoms with E-state index in [0.717, 1.165) is 11.6 Å². The molecule has 2 aromatic rings. The van der Waals surface area contributed by atoms with Crippen LogP contribution in [0.3, 0.4) is 0 Å². The third-order valence-corrected chi connectivity index (χ3v) is 3.82. The molecule has 0 aliphatic heterocycles. The minimum Gasteiger partial charge on any atom is -0.428 e. The Labute approximate surface area is 129 Å². The first-order valence-corrected chi connectivity index (χ1v) is 7.81. The Morgan fingerprint density at radius 1 is 1.40 bits per heavy atom. The highest BCUT2D eigenvalue weighted by molar-refractivity contribution is 9.10. The minimum absolute atomic E-state index is 0.355. The molecule has 0 spiro atoms. The third-order valence-electron chi connectivity index (χ3n) is 2.37. The lowest BCUT2D eigenvalue weighted by molar-refractivity contribution is 0.464. The average molecular weight is 360 g/mol. The Kier molecular flexibility index (Phi) is 5.45. The van der Waals surface area contributed by atoms with E-state index >= 15 is 0 Å². The van der Waals surface area contributed by atoms with E-state index in [1.54, 1.807) is 6.07 Å². The van der Waals surface area contributed by atoms with E-state index in [1.807, 2.05) is 0 Å². The van der Waals surface area contributed by atoms with Crippen LogP contribution in [0.4, 0.5) is 4.39 Å². The van der Waals surface area contributed by atoms with Gasteiger partial charge in [-0.3, -0.25) is 0 Å². The highest BCUT2D eigenvalue weighted by atomic mass is 79.9. The topological polar surface area (TPSA) is 47.0 Å². The molecule has 1 aromatic carbocycles. The van der Waals surface area contributed by atoms with E-state index in [-0.39, 0.29) is 5.82 Å². The van der Waals surface area contributed by atoms with Crippen LogP contribution in [-0.2, 0) is 6.54 Å². The molecule has 0 unspecified atom stereocenters. The summed E-state index contributed by atoms with van der Waals surface area (Å²) in [5, 5.41) is 12.5. The molecule has 4 nitrogen and oxygen atoms in total. The summed E-state index contributed by atoms with van der Waals surface area (Å²) in [5.74, 6) is 0.622. The van der Waals surface area contributed by atoms with Crippen LogP contribution in [0.25, 0.3) is 0 Å². The minimum atomic E-state index is -0.355. The Morgan fingerprint density at radius 3 is 2.95 bits per heavy atom. The summed E-state index contributed by atoms with van der Waals surface area (Å²) < 4.78 is 19.4. The van der Waals surface area contributed by atoms with Gasteiger partial charge in [0.05, 0.1) is 4.47 Å². The molecule has 108 valence electrons. The maximum absolute atomic E-state index is 13.2. The van der Waals surface area contributed by atoms with Gasteiger partial charge in [-0.15, -0.1) is 5.10 Å². The highest BCUT2D eigenvalue weighted by Gasteiger charge is 2.09. The maximum Gasteiger partial charge on any atom is 0.299 e. The molecule has 0 radical (unpaired) electrons. The molecule has 0 aliphatic rings. The van der Waals surface area contributed by atoms with Crippen LogP contribution in [0.15, 0.2) is 22.7 Å².